The first kappa shape index (κ1) is 12.6. The Labute approximate surface area is 96.8 Å². The highest BCUT2D eigenvalue weighted by Crippen LogP contribution is 2.25. The molecule has 0 saturated heterocycles. The highest BCUT2D eigenvalue weighted by molar-refractivity contribution is 6.31. The standard InChI is InChI=1S/C10H10ClFN2O2/c1-5-3-9(8(12)4-7(5)11)14-13-6(2)10(15)16/h3-4,6H,1-2H3,(H,15,16). The molecule has 1 aromatic carbocycles. The number of carbonyl (C=O) groups is 1. The third kappa shape index (κ3) is 3.00. The summed E-state index contributed by atoms with van der Waals surface area (Å²) in [5.74, 6) is -1.74. The van der Waals surface area contributed by atoms with E-state index in [4.69, 9.17) is 16.7 Å². The Morgan fingerprint density at radius 3 is 2.75 bits per heavy atom. The van der Waals surface area contributed by atoms with Crippen LogP contribution in [-0.4, -0.2) is 17.1 Å². The van der Waals surface area contributed by atoms with E-state index in [0.29, 0.717) is 10.6 Å². The van der Waals surface area contributed by atoms with Gasteiger partial charge in [-0.2, -0.15) is 10.2 Å². The molecule has 1 rings (SSSR count). The summed E-state index contributed by atoms with van der Waals surface area (Å²) >= 11 is 5.69. The largest absolute Gasteiger partial charge is 0.480 e. The second kappa shape index (κ2) is 5.03. The van der Waals surface area contributed by atoms with Gasteiger partial charge in [0.2, 0.25) is 0 Å². The number of carboxylic acids is 1. The molecule has 0 bridgehead atoms. The molecule has 1 aromatic rings. The maximum absolute atomic E-state index is 13.3. The molecule has 4 nitrogen and oxygen atoms in total. The van der Waals surface area contributed by atoms with Gasteiger partial charge in [-0.25, -0.2) is 9.18 Å². The number of azo groups is 1. The molecule has 0 aliphatic rings. The lowest BCUT2D eigenvalue weighted by Gasteiger charge is -2.01. The quantitative estimate of drug-likeness (QED) is 0.829. The van der Waals surface area contributed by atoms with Crippen molar-refractivity contribution in [3.8, 4) is 0 Å². The Kier molecular flexibility index (Phi) is 3.95. The minimum absolute atomic E-state index is 0.0185. The lowest BCUT2D eigenvalue weighted by Crippen LogP contribution is -2.11. The van der Waals surface area contributed by atoms with E-state index in [2.05, 4.69) is 10.2 Å². The Morgan fingerprint density at radius 1 is 1.56 bits per heavy atom. The molecule has 0 fully saturated rings. The van der Waals surface area contributed by atoms with E-state index >= 15 is 0 Å². The van der Waals surface area contributed by atoms with Crippen molar-refractivity contribution in [2.45, 2.75) is 19.9 Å². The van der Waals surface area contributed by atoms with Gasteiger partial charge in [0.25, 0.3) is 0 Å². The number of nitrogens with zero attached hydrogens (tertiary/aromatic N) is 2. The summed E-state index contributed by atoms with van der Waals surface area (Å²) in [5, 5.41) is 15.9. The van der Waals surface area contributed by atoms with Crippen molar-refractivity contribution < 1.29 is 14.3 Å². The molecule has 0 aromatic heterocycles. The number of aryl methyl sites for hydroxylation is 1. The van der Waals surface area contributed by atoms with E-state index in [9.17, 15) is 9.18 Å². The van der Waals surface area contributed by atoms with Crippen molar-refractivity contribution in [1.82, 2.24) is 0 Å². The number of hydrogen-bond donors (Lipinski definition) is 1. The molecule has 0 radical (unpaired) electrons. The van der Waals surface area contributed by atoms with Gasteiger partial charge in [-0.05, 0) is 31.5 Å². The van der Waals surface area contributed by atoms with Gasteiger partial charge in [-0.1, -0.05) is 11.6 Å². The van der Waals surface area contributed by atoms with Crippen molar-refractivity contribution in [3.63, 3.8) is 0 Å². The minimum Gasteiger partial charge on any atom is -0.480 e. The van der Waals surface area contributed by atoms with Crippen molar-refractivity contribution in [2.75, 3.05) is 0 Å². The molecule has 0 saturated carbocycles. The topological polar surface area (TPSA) is 62.0 Å². The second-order valence-corrected chi connectivity index (χ2v) is 3.69. The predicted octanol–water partition coefficient (Wildman–Crippen LogP) is 3.34. The van der Waals surface area contributed by atoms with Crippen LogP contribution in [0.25, 0.3) is 0 Å². The Hall–Kier alpha value is -1.49. The molecule has 1 unspecified atom stereocenters. The summed E-state index contributed by atoms with van der Waals surface area (Å²) in [4.78, 5) is 10.5. The first-order valence-corrected chi connectivity index (χ1v) is 4.89. The number of benzene rings is 1. The van der Waals surface area contributed by atoms with E-state index in [1.54, 1.807) is 6.92 Å². The van der Waals surface area contributed by atoms with E-state index in [-0.39, 0.29) is 5.69 Å². The third-order valence-electron chi connectivity index (χ3n) is 1.92. The predicted molar refractivity (Wildman–Crippen MR) is 57.8 cm³/mol. The fraction of sp³-hybridized carbons (Fsp3) is 0.300. The number of rotatable bonds is 3. The lowest BCUT2D eigenvalue weighted by molar-refractivity contribution is -0.138. The van der Waals surface area contributed by atoms with Crippen LogP contribution in [0.3, 0.4) is 0 Å². The molecule has 0 aliphatic carbocycles. The second-order valence-electron chi connectivity index (χ2n) is 3.28. The molecule has 0 spiro atoms. The van der Waals surface area contributed by atoms with Gasteiger partial charge in [0.1, 0.15) is 5.69 Å². The zero-order chi connectivity index (χ0) is 12.3. The van der Waals surface area contributed by atoms with Crippen LogP contribution in [0.4, 0.5) is 10.1 Å². The van der Waals surface area contributed by atoms with Crippen LogP contribution < -0.4 is 0 Å². The van der Waals surface area contributed by atoms with Crippen molar-refractivity contribution in [1.29, 1.82) is 0 Å². The SMILES string of the molecule is Cc1cc(N=NC(C)C(=O)O)c(F)cc1Cl. The van der Waals surface area contributed by atoms with Gasteiger partial charge >= 0.3 is 5.97 Å². The summed E-state index contributed by atoms with van der Waals surface area (Å²) in [7, 11) is 0. The molecule has 0 amide bonds. The number of aliphatic carboxylic acids is 1. The normalized spacial score (nSPS) is 13.0. The molecule has 0 aliphatic heterocycles. The fourth-order valence-corrected chi connectivity index (χ4v) is 1.07. The maximum Gasteiger partial charge on any atom is 0.330 e. The van der Waals surface area contributed by atoms with Crippen molar-refractivity contribution in [2.24, 2.45) is 10.2 Å². The van der Waals surface area contributed by atoms with Crippen LogP contribution >= 0.6 is 11.6 Å². The van der Waals surface area contributed by atoms with E-state index in [1.807, 2.05) is 0 Å². The van der Waals surface area contributed by atoms with Gasteiger partial charge in [0.15, 0.2) is 11.9 Å². The first-order chi connectivity index (χ1) is 7.41. The molecule has 0 heterocycles. The molecular weight excluding hydrogens is 235 g/mol. The van der Waals surface area contributed by atoms with Gasteiger partial charge in [0, 0.05) is 5.02 Å². The zero-order valence-corrected chi connectivity index (χ0v) is 9.49. The lowest BCUT2D eigenvalue weighted by atomic mass is 10.2. The highest BCUT2D eigenvalue weighted by atomic mass is 35.5. The average Bonchev–Trinajstić information content (AvgIpc) is 2.20. The summed E-state index contributed by atoms with van der Waals surface area (Å²) in [5.41, 5.74) is 0.634. The van der Waals surface area contributed by atoms with Gasteiger partial charge in [-0.3, -0.25) is 0 Å². The van der Waals surface area contributed by atoms with Crippen LogP contribution in [-0.2, 0) is 4.79 Å². The zero-order valence-electron chi connectivity index (χ0n) is 8.74. The van der Waals surface area contributed by atoms with E-state index < -0.39 is 17.8 Å². The Balaban J connectivity index is 2.98. The Morgan fingerprint density at radius 2 is 2.19 bits per heavy atom. The van der Waals surface area contributed by atoms with Crippen LogP contribution in [0.1, 0.15) is 12.5 Å². The van der Waals surface area contributed by atoms with E-state index in [0.717, 1.165) is 6.07 Å². The van der Waals surface area contributed by atoms with Gasteiger partial charge in [-0.15, -0.1) is 0 Å². The third-order valence-corrected chi connectivity index (χ3v) is 2.33. The number of halogens is 2. The Bertz CT molecular complexity index is 449. The fourth-order valence-electron chi connectivity index (χ4n) is 0.917. The molecule has 16 heavy (non-hydrogen) atoms. The minimum atomic E-state index is -1.12. The summed E-state index contributed by atoms with van der Waals surface area (Å²) in [6, 6.07) is 1.53. The summed E-state index contributed by atoms with van der Waals surface area (Å²) < 4.78 is 13.3. The average molecular weight is 245 g/mol. The monoisotopic (exact) mass is 244 g/mol. The molecule has 1 N–H and O–H groups in total. The molecule has 6 heteroatoms. The van der Waals surface area contributed by atoms with E-state index in [1.165, 1.54) is 13.0 Å². The van der Waals surface area contributed by atoms with Crippen LogP contribution in [0.5, 0.6) is 0 Å². The summed E-state index contributed by atoms with van der Waals surface area (Å²) in [6.45, 7) is 3.05. The number of hydrogen-bond acceptors (Lipinski definition) is 3. The first-order valence-electron chi connectivity index (χ1n) is 4.51. The van der Waals surface area contributed by atoms with Crippen LogP contribution in [0.2, 0.25) is 5.02 Å². The van der Waals surface area contributed by atoms with Crippen molar-refractivity contribution >= 4 is 23.3 Å². The highest BCUT2D eigenvalue weighted by Gasteiger charge is 2.10. The smallest absolute Gasteiger partial charge is 0.330 e. The maximum atomic E-state index is 13.3. The molecule has 86 valence electrons. The summed E-state index contributed by atoms with van der Waals surface area (Å²) in [6.07, 6.45) is 0. The van der Waals surface area contributed by atoms with Crippen LogP contribution in [0, 0.1) is 12.7 Å². The molecule has 1 atom stereocenters. The van der Waals surface area contributed by atoms with Crippen LogP contribution in [0.15, 0.2) is 22.4 Å². The van der Waals surface area contributed by atoms with Gasteiger partial charge in [0.05, 0.1) is 0 Å². The van der Waals surface area contributed by atoms with Gasteiger partial charge < -0.3 is 5.11 Å². The molecular formula is C10H10ClFN2O2. The number of carboxylic acid groups (broad SMARTS) is 1. The van der Waals surface area contributed by atoms with Crippen molar-refractivity contribution in [3.05, 3.63) is 28.5 Å².